The van der Waals surface area contributed by atoms with Crippen LogP contribution in [-0.2, 0) is 42.7 Å². The minimum atomic E-state index is -0.416. The molecule has 0 aliphatic carbocycles. The first-order valence-electron chi connectivity index (χ1n) is 25.6. The number of anilines is 7. The number of aromatic nitrogens is 2. The van der Waals surface area contributed by atoms with Crippen LogP contribution in [0, 0.1) is 18.8 Å². The van der Waals surface area contributed by atoms with Gasteiger partial charge in [0.15, 0.2) is 0 Å². The first-order valence-corrected chi connectivity index (χ1v) is 25.6. The number of para-hydroxylation sites is 3. The van der Waals surface area contributed by atoms with E-state index in [0.717, 1.165) is 67.4 Å². The Morgan fingerprint density at radius 1 is 0.446 bits per heavy atom. The maximum atomic E-state index is 5.10. The zero-order chi connectivity index (χ0) is 50.9. The molecule has 0 unspecified atom stereocenters. The van der Waals surface area contributed by atoms with E-state index in [-0.39, 0.29) is 37.3 Å². The van der Waals surface area contributed by atoms with E-state index in [2.05, 4.69) is 301 Å². The Bertz CT molecular complexity index is 3560. The van der Waals surface area contributed by atoms with Crippen molar-refractivity contribution in [3.8, 4) is 5.82 Å². The molecule has 8 aromatic carbocycles. The minimum Gasteiger partial charge on any atom is -0.493 e. The van der Waals surface area contributed by atoms with Gasteiger partial charge in [-0.1, -0.05) is 188 Å². The van der Waals surface area contributed by atoms with E-state index >= 15 is 0 Å². The second-order valence-electron chi connectivity index (χ2n) is 22.9. The number of pyridine rings is 1. The molecule has 0 amide bonds. The SMILES string of the molecule is CC(C)(C)c1cc(N2[CH-]N(c3[c-]c(N(c4[c-]c5c(cc4)c4cc(C(C)(c6ccccc6)c6ccccc6)ccc4n5-c4cc(C(C)(C)C)ccn4)c4ccccc4)ccc3)c3ccccc32)cc(C(C)(C)C)c1.[Pt]. The van der Waals surface area contributed by atoms with Crippen molar-refractivity contribution in [1.29, 1.82) is 0 Å². The van der Waals surface area contributed by atoms with Crippen molar-refractivity contribution in [2.24, 2.45) is 0 Å². The number of benzene rings is 8. The van der Waals surface area contributed by atoms with Crippen LogP contribution in [0.4, 0.5) is 39.8 Å². The molecule has 11 rings (SSSR count). The molecule has 5 nitrogen and oxygen atoms in total. The third-order valence-corrected chi connectivity index (χ3v) is 14.9. The molecule has 74 heavy (non-hydrogen) atoms. The Morgan fingerprint density at radius 3 is 1.62 bits per heavy atom. The number of hydrogen-bond acceptors (Lipinski definition) is 4. The van der Waals surface area contributed by atoms with Crippen LogP contribution >= 0.6 is 0 Å². The normalized spacial score (nSPS) is 13.1. The average molecular weight is 1150 g/mol. The standard InChI is InChI=1S/C68H64N5.Pt/c1-65(2,3)49-37-38-69-64(43-49)73-60-36-33-50(68(10,47-23-14-11-15-24-47)48-25-16-12-17-26-48)42-59(60)58-35-34-56(45-63(58)73)72(53-27-18-13-19-28-53)55-30-22-29-54(44-55)70-46-71(62-32-21-20-31-61(62)70)57-40-51(66(4,5)6)39-52(41-57)67(7,8)9;/h11-43,46H,1-10H3;/q-3;. The van der Waals surface area contributed by atoms with Gasteiger partial charge >= 0.3 is 0 Å². The molecule has 0 N–H and O–H groups in total. The molecule has 1 aliphatic heterocycles. The fourth-order valence-electron chi connectivity index (χ4n) is 10.5. The van der Waals surface area contributed by atoms with Crippen molar-refractivity contribution >= 4 is 61.6 Å². The van der Waals surface area contributed by atoms with Gasteiger partial charge in [-0.3, -0.25) is 0 Å². The van der Waals surface area contributed by atoms with Crippen LogP contribution in [0.1, 0.15) is 103 Å². The van der Waals surface area contributed by atoms with Crippen LogP contribution in [0.5, 0.6) is 0 Å². The summed E-state index contributed by atoms with van der Waals surface area (Å²) in [5.41, 5.74) is 16.1. The van der Waals surface area contributed by atoms with Crippen LogP contribution in [0.2, 0.25) is 0 Å². The van der Waals surface area contributed by atoms with Gasteiger partial charge in [0.05, 0.1) is 0 Å². The van der Waals surface area contributed by atoms with Crippen molar-refractivity contribution < 1.29 is 21.1 Å². The van der Waals surface area contributed by atoms with Gasteiger partial charge in [-0.2, -0.15) is 12.1 Å². The maximum Gasteiger partial charge on any atom is 0.135 e. The predicted molar refractivity (Wildman–Crippen MR) is 307 cm³/mol. The van der Waals surface area contributed by atoms with E-state index in [1.165, 1.54) is 33.4 Å². The fourth-order valence-corrected chi connectivity index (χ4v) is 10.5. The van der Waals surface area contributed by atoms with Crippen LogP contribution in [-0.4, -0.2) is 9.55 Å². The predicted octanol–water partition coefficient (Wildman–Crippen LogP) is 17.9. The van der Waals surface area contributed by atoms with Gasteiger partial charge in [-0.15, -0.1) is 48.1 Å². The summed E-state index contributed by atoms with van der Waals surface area (Å²) in [6.07, 6.45) is 1.95. The Morgan fingerprint density at radius 2 is 1.01 bits per heavy atom. The number of nitrogens with zero attached hydrogens (tertiary/aromatic N) is 5. The van der Waals surface area contributed by atoms with Gasteiger partial charge in [-0.05, 0) is 117 Å². The van der Waals surface area contributed by atoms with E-state index in [1.807, 2.05) is 6.20 Å². The topological polar surface area (TPSA) is 27.5 Å². The van der Waals surface area contributed by atoms with Crippen molar-refractivity contribution in [3.63, 3.8) is 0 Å². The molecule has 0 atom stereocenters. The van der Waals surface area contributed by atoms with Gasteiger partial charge in [0.2, 0.25) is 0 Å². The average Bonchev–Trinajstić information content (AvgIpc) is 3.94. The Kier molecular flexibility index (Phi) is 13.1. The summed E-state index contributed by atoms with van der Waals surface area (Å²) >= 11 is 0. The molecule has 0 saturated heterocycles. The molecular formula is C68H64N5Pt-3. The molecule has 0 bridgehead atoms. The third kappa shape index (κ3) is 9.15. The van der Waals surface area contributed by atoms with E-state index in [9.17, 15) is 0 Å². The van der Waals surface area contributed by atoms with Gasteiger partial charge in [0, 0.05) is 60.9 Å². The summed E-state index contributed by atoms with van der Waals surface area (Å²) in [4.78, 5) is 12.0. The number of fused-ring (bicyclic) bond motifs is 4. The van der Waals surface area contributed by atoms with Gasteiger partial charge in [-0.25, -0.2) is 4.98 Å². The van der Waals surface area contributed by atoms with Crippen LogP contribution in [0.3, 0.4) is 0 Å². The number of hydrogen-bond donors (Lipinski definition) is 0. The minimum absolute atomic E-state index is 0. The summed E-state index contributed by atoms with van der Waals surface area (Å²) in [6, 6.07) is 78.4. The van der Waals surface area contributed by atoms with Crippen molar-refractivity contribution in [1.82, 2.24) is 9.55 Å². The van der Waals surface area contributed by atoms with E-state index < -0.39 is 5.41 Å². The molecule has 0 saturated carbocycles. The molecular weight excluding hydrogens is 1080 g/mol. The van der Waals surface area contributed by atoms with Gasteiger partial charge in [0.1, 0.15) is 5.82 Å². The monoisotopic (exact) mass is 1150 g/mol. The van der Waals surface area contributed by atoms with E-state index in [0.29, 0.717) is 0 Å². The second-order valence-corrected chi connectivity index (χ2v) is 22.9. The molecule has 6 heteroatoms. The molecule has 0 spiro atoms. The first kappa shape index (κ1) is 50.3. The molecule has 10 aromatic rings. The van der Waals surface area contributed by atoms with Crippen LogP contribution < -0.4 is 14.7 Å². The summed E-state index contributed by atoms with van der Waals surface area (Å²) in [5, 5.41) is 2.25. The van der Waals surface area contributed by atoms with E-state index in [4.69, 9.17) is 4.98 Å². The summed E-state index contributed by atoms with van der Waals surface area (Å²) < 4.78 is 2.31. The second kappa shape index (κ2) is 19.3. The fraction of sp³-hybridized carbons (Fsp3) is 0.206. The molecule has 0 radical (unpaired) electrons. The Hall–Kier alpha value is -7.20. The zero-order valence-electron chi connectivity index (χ0n) is 44.2. The number of rotatable bonds is 9. The van der Waals surface area contributed by atoms with Gasteiger partial charge < -0.3 is 19.3 Å². The Labute approximate surface area is 453 Å². The first-order chi connectivity index (χ1) is 35.0. The largest absolute Gasteiger partial charge is 0.493 e. The van der Waals surface area contributed by atoms with Crippen molar-refractivity contribution in [3.05, 3.63) is 253 Å². The molecule has 374 valence electrons. The van der Waals surface area contributed by atoms with Crippen LogP contribution in [0.25, 0.3) is 27.6 Å². The van der Waals surface area contributed by atoms with E-state index in [1.54, 1.807) is 0 Å². The molecule has 0 fully saturated rings. The third-order valence-electron chi connectivity index (χ3n) is 14.9. The van der Waals surface area contributed by atoms with Crippen molar-refractivity contribution in [2.45, 2.75) is 90.9 Å². The zero-order valence-corrected chi connectivity index (χ0v) is 46.5. The smallest absolute Gasteiger partial charge is 0.135 e. The molecule has 3 heterocycles. The Balaban J connectivity index is 0.00000626. The maximum absolute atomic E-state index is 5.10. The van der Waals surface area contributed by atoms with Gasteiger partial charge in [0.25, 0.3) is 0 Å². The summed E-state index contributed by atoms with van der Waals surface area (Å²) in [7, 11) is 0. The summed E-state index contributed by atoms with van der Waals surface area (Å²) in [6.45, 7) is 25.1. The van der Waals surface area contributed by atoms with Crippen molar-refractivity contribution in [2.75, 3.05) is 14.7 Å². The van der Waals surface area contributed by atoms with Crippen LogP contribution in [0.15, 0.2) is 200 Å². The summed E-state index contributed by atoms with van der Waals surface area (Å²) in [5.74, 6) is 0.859. The molecule has 1 aliphatic rings. The molecule has 2 aromatic heterocycles. The quantitative estimate of drug-likeness (QED) is 0.106.